The lowest BCUT2D eigenvalue weighted by molar-refractivity contribution is -0.117. The second-order valence-corrected chi connectivity index (χ2v) is 3.18. The van der Waals surface area contributed by atoms with E-state index in [4.69, 9.17) is 5.26 Å². The van der Waals surface area contributed by atoms with E-state index in [0.29, 0.717) is 25.6 Å². The van der Waals surface area contributed by atoms with Crippen molar-refractivity contribution in [2.24, 2.45) is 4.99 Å². The van der Waals surface area contributed by atoms with Crippen molar-refractivity contribution in [3.05, 3.63) is 18.5 Å². The second kappa shape index (κ2) is 7.14. The van der Waals surface area contributed by atoms with E-state index >= 15 is 0 Å². The molecule has 0 aliphatic heterocycles. The van der Waals surface area contributed by atoms with Gasteiger partial charge in [0.2, 0.25) is 11.9 Å². The van der Waals surface area contributed by atoms with Gasteiger partial charge in [0.25, 0.3) is 0 Å². The zero-order chi connectivity index (χ0) is 12.5. The highest BCUT2D eigenvalue weighted by molar-refractivity contribution is 5.96. The van der Waals surface area contributed by atoms with Crippen molar-refractivity contribution >= 4 is 11.9 Å². The van der Waals surface area contributed by atoms with E-state index in [1.54, 1.807) is 18.5 Å². The molecule has 0 saturated heterocycles. The molecule has 0 bridgehead atoms. The smallest absolute Gasteiger partial charge is 0.227 e. The largest absolute Gasteiger partial charge is 0.297 e. The minimum Gasteiger partial charge on any atom is -0.297 e. The van der Waals surface area contributed by atoms with Crippen molar-refractivity contribution in [2.75, 3.05) is 13.2 Å². The molecule has 0 unspecified atom stereocenters. The molecule has 0 radical (unpaired) electrons. The molecule has 0 spiro atoms. The Labute approximate surface area is 99.1 Å². The van der Waals surface area contributed by atoms with E-state index in [2.05, 4.69) is 20.7 Å². The van der Waals surface area contributed by atoms with Crippen LogP contribution < -0.4 is 10.6 Å². The van der Waals surface area contributed by atoms with Crippen molar-refractivity contribution in [1.82, 2.24) is 20.4 Å². The van der Waals surface area contributed by atoms with Crippen molar-refractivity contribution in [3.63, 3.8) is 0 Å². The summed E-state index contributed by atoms with van der Waals surface area (Å²) in [5, 5.41) is 17.9. The minimum absolute atomic E-state index is 0.212. The molecule has 1 aromatic rings. The van der Waals surface area contributed by atoms with Crippen LogP contribution in [0.1, 0.15) is 13.3 Å². The Morgan fingerprint density at radius 3 is 3.06 bits per heavy atom. The zero-order valence-electron chi connectivity index (χ0n) is 9.55. The lowest BCUT2D eigenvalue weighted by atomic mass is 10.5. The van der Waals surface area contributed by atoms with Crippen LogP contribution in [0.15, 0.2) is 23.5 Å². The monoisotopic (exact) mass is 234 g/mol. The van der Waals surface area contributed by atoms with Gasteiger partial charge in [0, 0.05) is 32.3 Å². The van der Waals surface area contributed by atoms with Crippen molar-refractivity contribution in [2.45, 2.75) is 13.3 Å². The molecular weight excluding hydrogens is 220 g/mol. The van der Waals surface area contributed by atoms with Gasteiger partial charge in [-0.25, -0.2) is 9.67 Å². The van der Waals surface area contributed by atoms with E-state index in [9.17, 15) is 4.79 Å². The Hall–Kier alpha value is -2.20. The summed E-state index contributed by atoms with van der Waals surface area (Å²) in [7, 11) is 0. The highest BCUT2D eigenvalue weighted by atomic mass is 16.1. The van der Waals surface area contributed by atoms with Crippen molar-refractivity contribution in [3.8, 4) is 6.07 Å². The third-order valence-electron chi connectivity index (χ3n) is 1.76. The van der Waals surface area contributed by atoms with Gasteiger partial charge < -0.3 is 0 Å². The van der Waals surface area contributed by atoms with E-state index in [1.807, 2.05) is 6.07 Å². The van der Waals surface area contributed by atoms with Crippen molar-refractivity contribution in [1.29, 1.82) is 5.26 Å². The van der Waals surface area contributed by atoms with Gasteiger partial charge in [-0.15, -0.1) is 0 Å². The predicted octanol–water partition coefficient (Wildman–Crippen LogP) is -0.316. The van der Waals surface area contributed by atoms with Crippen LogP contribution in [0.5, 0.6) is 0 Å². The van der Waals surface area contributed by atoms with E-state index in [-0.39, 0.29) is 5.91 Å². The molecule has 2 N–H and O–H groups in total. The molecule has 0 atom stereocenters. The SMILES string of the molecule is CC(=O)N/C(=N\CNCCC#N)n1cccn1. The third kappa shape index (κ3) is 4.90. The molecule has 7 heteroatoms. The molecule has 1 rings (SSSR count). The van der Waals surface area contributed by atoms with E-state index in [0.717, 1.165) is 0 Å². The van der Waals surface area contributed by atoms with Crippen LogP contribution in [-0.4, -0.2) is 34.9 Å². The molecule has 0 saturated carbocycles. The minimum atomic E-state index is -0.212. The molecule has 0 aliphatic rings. The molecule has 0 aromatic carbocycles. The quantitative estimate of drug-likeness (QED) is 0.424. The number of rotatable bonds is 4. The molecule has 1 amide bonds. The van der Waals surface area contributed by atoms with Crippen molar-refractivity contribution < 1.29 is 4.79 Å². The van der Waals surface area contributed by atoms with Gasteiger partial charge in [-0.3, -0.25) is 15.4 Å². The topological polar surface area (TPSA) is 95.1 Å². The maximum Gasteiger partial charge on any atom is 0.227 e. The Bertz CT molecular complexity index is 417. The number of carbonyl (C=O) groups excluding carboxylic acids is 1. The number of hydrogen-bond acceptors (Lipinski definition) is 5. The normalized spacial score (nSPS) is 10.9. The lowest BCUT2D eigenvalue weighted by Crippen LogP contribution is -2.35. The summed E-state index contributed by atoms with van der Waals surface area (Å²) < 4.78 is 1.47. The molecule has 7 nitrogen and oxygen atoms in total. The van der Waals surface area contributed by atoms with Gasteiger partial charge in [0.05, 0.1) is 12.7 Å². The maximum absolute atomic E-state index is 11.0. The summed E-state index contributed by atoms with van der Waals surface area (Å²) in [6.45, 7) is 2.28. The summed E-state index contributed by atoms with van der Waals surface area (Å²) >= 11 is 0. The fourth-order valence-electron chi connectivity index (χ4n) is 1.07. The van der Waals surface area contributed by atoms with Gasteiger partial charge in [0.15, 0.2) is 0 Å². The van der Waals surface area contributed by atoms with Gasteiger partial charge in [-0.2, -0.15) is 10.4 Å². The first-order valence-corrected chi connectivity index (χ1v) is 5.13. The number of aromatic nitrogens is 2. The Balaban J connectivity index is 2.55. The first kappa shape index (κ1) is 12.9. The average molecular weight is 234 g/mol. The number of nitrogens with one attached hydrogen (secondary N) is 2. The Morgan fingerprint density at radius 1 is 1.65 bits per heavy atom. The van der Waals surface area contributed by atoms with Gasteiger partial charge in [-0.1, -0.05) is 0 Å². The standard InChI is InChI=1S/C10H14N6O/c1-9(17)15-10(16-7-3-6-14-16)13-8-12-5-2-4-11/h3,6-7,12H,2,5,8H2,1H3,(H,13,15,17). The third-order valence-corrected chi connectivity index (χ3v) is 1.76. The van der Waals surface area contributed by atoms with Crippen LogP contribution in [0.4, 0.5) is 0 Å². The molecule has 1 heterocycles. The summed E-state index contributed by atoms with van der Waals surface area (Å²) in [5.74, 6) is 0.142. The molecule has 17 heavy (non-hydrogen) atoms. The number of carbonyl (C=O) groups is 1. The average Bonchev–Trinajstić information content (AvgIpc) is 2.80. The summed E-state index contributed by atoms with van der Waals surface area (Å²) in [6, 6.07) is 3.75. The fourth-order valence-corrected chi connectivity index (χ4v) is 1.07. The number of nitrogens with zero attached hydrogens (tertiary/aromatic N) is 4. The molecular formula is C10H14N6O. The predicted molar refractivity (Wildman–Crippen MR) is 62.0 cm³/mol. The number of amides is 1. The highest BCUT2D eigenvalue weighted by Gasteiger charge is 2.03. The van der Waals surface area contributed by atoms with Crippen LogP contribution in [0, 0.1) is 11.3 Å². The van der Waals surface area contributed by atoms with Crippen LogP contribution in [0.3, 0.4) is 0 Å². The van der Waals surface area contributed by atoms with Crippen LogP contribution in [0.2, 0.25) is 0 Å². The van der Waals surface area contributed by atoms with Gasteiger partial charge in [0.1, 0.15) is 0 Å². The van der Waals surface area contributed by atoms with E-state index in [1.165, 1.54) is 11.6 Å². The Morgan fingerprint density at radius 2 is 2.47 bits per heavy atom. The van der Waals surface area contributed by atoms with Crippen LogP contribution in [0.25, 0.3) is 0 Å². The summed E-state index contributed by atoms with van der Waals surface area (Å²) in [5.41, 5.74) is 0. The maximum atomic E-state index is 11.0. The van der Waals surface area contributed by atoms with Crippen LogP contribution >= 0.6 is 0 Å². The van der Waals surface area contributed by atoms with E-state index < -0.39 is 0 Å². The lowest BCUT2D eigenvalue weighted by Gasteiger charge is -2.07. The zero-order valence-corrected chi connectivity index (χ0v) is 9.55. The second-order valence-electron chi connectivity index (χ2n) is 3.18. The number of nitriles is 1. The summed E-state index contributed by atoms with van der Waals surface area (Å²) in [4.78, 5) is 15.1. The Kier molecular flexibility index (Phi) is 5.40. The molecule has 90 valence electrons. The molecule has 0 aliphatic carbocycles. The number of aliphatic imine (C=N–C) groups is 1. The van der Waals surface area contributed by atoms with Gasteiger partial charge in [-0.05, 0) is 6.07 Å². The molecule has 0 fully saturated rings. The highest BCUT2D eigenvalue weighted by Crippen LogP contribution is 1.85. The first-order chi connectivity index (χ1) is 8.24. The molecule has 1 aromatic heterocycles. The summed E-state index contributed by atoms with van der Waals surface area (Å²) in [6.07, 6.45) is 3.71. The van der Waals surface area contributed by atoms with Gasteiger partial charge >= 0.3 is 0 Å². The fraction of sp³-hybridized carbons (Fsp3) is 0.400. The first-order valence-electron chi connectivity index (χ1n) is 5.13. The number of hydrogen-bond donors (Lipinski definition) is 2. The van der Waals surface area contributed by atoms with Crippen LogP contribution in [-0.2, 0) is 4.79 Å².